The molecule has 1 aliphatic rings. The Morgan fingerprint density at radius 3 is 2.47 bits per heavy atom. The molecule has 2 N–H and O–H groups in total. The monoisotopic (exact) mass is 550 g/mol. The first kappa shape index (κ1) is 31.2. The summed E-state index contributed by atoms with van der Waals surface area (Å²) in [5.41, 5.74) is 4.18. The Morgan fingerprint density at radius 2 is 1.82 bits per heavy atom. The molecule has 1 heterocycles. The van der Waals surface area contributed by atoms with Crippen molar-refractivity contribution >= 4 is 23.0 Å². The van der Waals surface area contributed by atoms with E-state index in [9.17, 15) is 13.8 Å². The van der Waals surface area contributed by atoms with Crippen molar-refractivity contribution in [3.8, 4) is 11.6 Å². The van der Waals surface area contributed by atoms with E-state index in [-0.39, 0.29) is 32.8 Å². The van der Waals surface area contributed by atoms with E-state index in [2.05, 4.69) is 11.1 Å². The van der Waals surface area contributed by atoms with Crippen LogP contribution in [0, 0.1) is 0 Å². The zero-order valence-corrected chi connectivity index (χ0v) is 23.3. The normalized spacial score (nSPS) is 13.0. The molecular formula is C26H38N4O7S. The molecule has 2 amide bonds. The van der Waals surface area contributed by atoms with Crippen LogP contribution in [-0.2, 0) is 38.1 Å². The van der Waals surface area contributed by atoms with Gasteiger partial charge in [-0.05, 0) is 55.0 Å². The van der Waals surface area contributed by atoms with E-state index in [1.807, 2.05) is 26.0 Å². The Kier molecular flexibility index (Phi) is 13.7. The van der Waals surface area contributed by atoms with E-state index in [1.165, 1.54) is 59.0 Å². The Bertz CT molecular complexity index is 1050. The number of amides is 2. The van der Waals surface area contributed by atoms with Crippen LogP contribution in [0.15, 0.2) is 41.4 Å². The number of carbonyl (C=O) groups excluding carboxylic acids is 2. The summed E-state index contributed by atoms with van der Waals surface area (Å²) in [6.45, 7) is 4.22. The zero-order valence-electron chi connectivity index (χ0n) is 22.5. The van der Waals surface area contributed by atoms with E-state index in [0.717, 1.165) is 12.8 Å². The molecule has 1 aliphatic carbocycles. The summed E-state index contributed by atoms with van der Waals surface area (Å²) in [5, 5.41) is 8.92. The van der Waals surface area contributed by atoms with Crippen molar-refractivity contribution in [3.05, 3.63) is 47.7 Å². The fourth-order valence-corrected chi connectivity index (χ4v) is 4.77. The number of hydrogen-bond donors (Lipinski definition) is 2. The topological polar surface area (TPSA) is 131 Å². The van der Waals surface area contributed by atoms with Gasteiger partial charge in [-0.15, -0.1) is 0 Å². The summed E-state index contributed by atoms with van der Waals surface area (Å²) < 4.78 is 30.2. The number of pyridine rings is 1. The molecule has 3 rings (SSSR count). The molecule has 38 heavy (non-hydrogen) atoms. The van der Waals surface area contributed by atoms with Crippen LogP contribution in [0.25, 0.3) is 0 Å². The third-order valence-electron chi connectivity index (χ3n) is 5.64. The van der Waals surface area contributed by atoms with E-state index in [0.29, 0.717) is 16.5 Å². The third kappa shape index (κ3) is 9.67. The maximum atomic E-state index is 13.2. The predicted molar refractivity (Wildman–Crippen MR) is 143 cm³/mol. The number of hydrogen-bond acceptors (Lipinski definition) is 8. The number of nitrogens with one attached hydrogen (secondary N) is 1. The largest absolute Gasteiger partial charge is 0.447 e. The van der Waals surface area contributed by atoms with Gasteiger partial charge in [-0.1, -0.05) is 19.9 Å². The summed E-state index contributed by atoms with van der Waals surface area (Å²) in [6.07, 6.45) is 5.34. The number of likely N-dealkylation sites (N-methyl/N-ethyl adjacent to an activating group) is 1. The summed E-state index contributed by atoms with van der Waals surface area (Å²) in [6, 6.07) is 9.25. The maximum Gasteiger partial charge on any atom is 0.409 e. The molecule has 1 aromatic heterocycles. The zero-order chi connectivity index (χ0) is 27.9. The minimum absolute atomic E-state index is 0.0727. The number of ether oxygens (including phenoxy) is 3. The quantitative estimate of drug-likeness (QED) is 0.234. The number of hydroxylamine groups is 1. The van der Waals surface area contributed by atoms with Crippen LogP contribution in [0.5, 0.6) is 11.6 Å². The predicted octanol–water partition coefficient (Wildman–Crippen LogP) is 3.32. The molecule has 0 bridgehead atoms. The van der Waals surface area contributed by atoms with Crippen molar-refractivity contribution in [1.29, 1.82) is 0 Å². The molecule has 0 saturated heterocycles. The molecule has 0 fully saturated rings. The highest BCUT2D eigenvalue weighted by Gasteiger charge is 2.21. The molecule has 0 radical (unpaired) electrons. The van der Waals surface area contributed by atoms with Gasteiger partial charge < -0.3 is 19.1 Å². The van der Waals surface area contributed by atoms with Crippen molar-refractivity contribution in [2.75, 3.05) is 47.0 Å². The highest BCUT2D eigenvalue weighted by atomic mass is 32.2. The van der Waals surface area contributed by atoms with Gasteiger partial charge in [0, 0.05) is 39.5 Å². The number of rotatable bonds is 12. The molecule has 1 atom stereocenters. The SMILES string of the molecule is CC.COCCOC(=O)N(C)CCN(CC(=O)NO)S(=O)c1ccc(Oc2ccc3c(c2)CCCC3)nc1. The van der Waals surface area contributed by atoms with Crippen LogP contribution in [0.3, 0.4) is 0 Å². The van der Waals surface area contributed by atoms with Crippen molar-refractivity contribution in [1.82, 2.24) is 19.7 Å². The standard InChI is InChI=1S/C24H32N4O7S.C2H6/c1-27(24(30)34-14-13-33-2)11-12-28(17-22(29)26-31)36(32)21-9-10-23(25-16-21)35-20-8-7-18-5-3-4-6-19(18)15-20;1-2/h7-10,15-16,31H,3-6,11-14,17H2,1-2H3,(H,26,29);1-2H3. The maximum absolute atomic E-state index is 13.2. The van der Waals surface area contributed by atoms with Crippen molar-refractivity contribution in [2.45, 2.75) is 44.4 Å². The van der Waals surface area contributed by atoms with Crippen LogP contribution in [0.2, 0.25) is 0 Å². The first-order chi connectivity index (χ1) is 18.4. The van der Waals surface area contributed by atoms with E-state index in [1.54, 1.807) is 12.1 Å². The van der Waals surface area contributed by atoms with Crippen LogP contribution in [0.4, 0.5) is 4.79 Å². The lowest BCUT2D eigenvalue weighted by Gasteiger charge is -2.23. The van der Waals surface area contributed by atoms with Gasteiger partial charge in [0.25, 0.3) is 5.91 Å². The highest BCUT2D eigenvalue weighted by Crippen LogP contribution is 2.28. The van der Waals surface area contributed by atoms with Gasteiger partial charge in [0.05, 0.1) is 18.0 Å². The number of benzene rings is 1. The second kappa shape index (κ2) is 16.7. The number of methoxy groups -OCH3 is 1. The molecule has 1 unspecified atom stereocenters. The first-order valence-electron chi connectivity index (χ1n) is 12.6. The van der Waals surface area contributed by atoms with Gasteiger partial charge in [0.15, 0.2) is 0 Å². The summed E-state index contributed by atoms with van der Waals surface area (Å²) in [7, 11) is 1.23. The van der Waals surface area contributed by atoms with Gasteiger partial charge >= 0.3 is 6.09 Å². The van der Waals surface area contributed by atoms with Gasteiger partial charge in [-0.3, -0.25) is 10.0 Å². The molecule has 1 aromatic carbocycles. The molecule has 11 nitrogen and oxygen atoms in total. The van der Waals surface area contributed by atoms with E-state index < -0.39 is 23.0 Å². The number of fused-ring (bicyclic) bond motifs is 1. The summed E-state index contributed by atoms with van der Waals surface area (Å²) in [5.74, 6) is 0.303. The molecule has 0 saturated carbocycles. The smallest absolute Gasteiger partial charge is 0.409 e. The average molecular weight is 551 g/mol. The minimum Gasteiger partial charge on any atom is -0.447 e. The van der Waals surface area contributed by atoms with Gasteiger partial charge in [-0.2, -0.15) is 0 Å². The van der Waals surface area contributed by atoms with Crippen molar-refractivity contribution < 1.29 is 33.2 Å². The molecule has 0 spiro atoms. The lowest BCUT2D eigenvalue weighted by molar-refractivity contribution is -0.129. The van der Waals surface area contributed by atoms with Crippen molar-refractivity contribution in [2.24, 2.45) is 0 Å². The Hall–Kier alpha value is -3.06. The van der Waals surface area contributed by atoms with Gasteiger partial charge in [-0.25, -0.2) is 23.8 Å². The van der Waals surface area contributed by atoms with E-state index >= 15 is 0 Å². The van der Waals surface area contributed by atoms with Gasteiger partial charge in [0.2, 0.25) is 5.88 Å². The lowest BCUT2D eigenvalue weighted by Crippen LogP contribution is -2.42. The molecule has 12 heteroatoms. The fourth-order valence-electron chi connectivity index (χ4n) is 3.66. The minimum atomic E-state index is -1.79. The second-order valence-corrected chi connectivity index (χ2v) is 9.73. The molecule has 210 valence electrons. The molecular weight excluding hydrogens is 512 g/mol. The summed E-state index contributed by atoms with van der Waals surface area (Å²) in [4.78, 5) is 29.7. The fraction of sp³-hybridized carbons (Fsp3) is 0.500. The highest BCUT2D eigenvalue weighted by molar-refractivity contribution is 7.82. The first-order valence-corrected chi connectivity index (χ1v) is 13.7. The number of aromatic nitrogens is 1. The van der Waals surface area contributed by atoms with Crippen LogP contribution < -0.4 is 10.2 Å². The number of carbonyl (C=O) groups is 2. The van der Waals surface area contributed by atoms with Gasteiger partial charge in [0.1, 0.15) is 23.3 Å². The van der Waals surface area contributed by atoms with E-state index in [4.69, 9.17) is 19.4 Å². The third-order valence-corrected chi connectivity index (χ3v) is 7.07. The van der Waals surface area contributed by atoms with Crippen LogP contribution >= 0.6 is 0 Å². The number of nitrogens with zero attached hydrogens (tertiary/aromatic N) is 3. The number of aryl methyl sites for hydroxylation is 2. The molecule has 2 aromatic rings. The van der Waals surface area contributed by atoms with Crippen molar-refractivity contribution in [3.63, 3.8) is 0 Å². The average Bonchev–Trinajstić information content (AvgIpc) is 2.96. The Labute approximate surface area is 226 Å². The molecule has 0 aliphatic heterocycles. The Balaban J connectivity index is 0.00000247. The summed E-state index contributed by atoms with van der Waals surface area (Å²) >= 11 is 0. The Morgan fingerprint density at radius 1 is 1.08 bits per heavy atom. The lowest BCUT2D eigenvalue weighted by atomic mass is 9.92. The van der Waals surface area contributed by atoms with Crippen LogP contribution in [0.1, 0.15) is 37.8 Å². The second-order valence-electron chi connectivity index (χ2n) is 8.25. The van der Waals surface area contributed by atoms with Crippen LogP contribution in [-0.4, -0.2) is 82.6 Å².